The van der Waals surface area contributed by atoms with E-state index in [1.165, 1.54) is 5.56 Å². The number of aryl methyl sites for hydroxylation is 1. The van der Waals surface area contributed by atoms with Crippen LogP contribution >= 0.6 is 11.6 Å². The molecule has 0 radical (unpaired) electrons. The second-order valence-corrected chi connectivity index (χ2v) is 5.22. The van der Waals surface area contributed by atoms with Crippen LogP contribution in [-0.2, 0) is 19.6 Å². The fraction of sp³-hybridized carbons (Fsp3) is 0.294. The van der Waals surface area contributed by atoms with Gasteiger partial charge in [-0.05, 0) is 35.7 Å². The molecule has 106 valence electrons. The second-order valence-electron chi connectivity index (χ2n) is 4.81. The molecule has 20 heavy (non-hydrogen) atoms. The molecule has 0 spiro atoms. The molecule has 0 aliphatic carbocycles. The lowest BCUT2D eigenvalue weighted by atomic mass is 10.1. The second kappa shape index (κ2) is 7.32. The minimum Gasteiger partial charge on any atom is -0.489 e. The monoisotopic (exact) mass is 289 g/mol. The zero-order valence-corrected chi connectivity index (χ0v) is 12.5. The largest absolute Gasteiger partial charge is 0.489 e. The van der Waals surface area contributed by atoms with Crippen molar-refractivity contribution in [3.8, 4) is 5.75 Å². The third kappa shape index (κ3) is 3.99. The SMILES string of the molecule is CCCc1ccc(OCc2ccc(CN)cc2Cl)cc1. The van der Waals surface area contributed by atoms with Crippen molar-refractivity contribution in [2.45, 2.75) is 32.9 Å². The third-order valence-electron chi connectivity index (χ3n) is 3.21. The number of rotatable bonds is 6. The summed E-state index contributed by atoms with van der Waals surface area (Å²) in [6.07, 6.45) is 2.26. The van der Waals surface area contributed by atoms with Crippen molar-refractivity contribution in [1.82, 2.24) is 0 Å². The first-order valence-electron chi connectivity index (χ1n) is 6.92. The first-order valence-corrected chi connectivity index (χ1v) is 7.30. The maximum absolute atomic E-state index is 6.21. The van der Waals surface area contributed by atoms with Crippen LogP contribution in [0.15, 0.2) is 42.5 Å². The molecule has 0 saturated carbocycles. The molecule has 3 heteroatoms. The predicted octanol–water partition coefficient (Wildman–Crippen LogP) is 4.33. The normalized spacial score (nSPS) is 10.6. The van der Waals surface area contributed by atoms with Crippen LogP contribution in [0.5, 0.6) is 5.75 Å². The molecule has 2 rings (SSSR count). The van der Waals surface area contributed by atoms with Crippen molar-refractivity contribution in [2.24, 2.45) is 5.73 Å². The van der Waals surface area contributed by atoms with Gasteiger partial charge in [0.2, 0.25) is 0 Å². The standard InChI is InChI=1S/C17H20ClNO/c1-2-3-13-5-8-16(9-6-13)20-12-15-7-4-14(11-19)10-17(15)18/h4-10H,2-3,11-12,19H2,1H3. The number of benzene rings is 2. The van der Waals surface area contributed by atoms with Crippen LogP contribution in [0.2, 0.25) is 5.02 Å². The summed E-state index contributed by atoms with van der Waals surface area (Å²) in [5.74, 6) is 0.865. The van der Waals surface area contributed by atoms with Crippen LogP contribution in [-0.4, -0.2) is 0 Å². The van der Waals surface area contributed by atoms with Crippen molar-refractivity contribution < 1.29 is 4.74 Å². The minimum atomic E-state index is 0.469. The van der Waals surface area contributed by atoms with Crippen LogP contribution < -0.4 is 10.5 Å². The van der Waals surface area contributed by atoms with Gasteiger partial charge in [-0.15, -0.1) is 0 Å². The fourth-order valence-electron chi connectivity index (χ4n) is 2.04. The van der Waals surface area contributed by atoms with E-state index >= 15 is 0 Å². The molecular formula is C17H20ClNO. The van der Waals surface area contributed by atoms with E-state index in [1.54, 1.807) is 0 Å². The Kier molecular flexibility index (Phi) is 5.45. The molecule has 0 aliphatic rings. The zero-order chi connectivity index (χ0) is 14.4. The molecule has 0 atom stereocenters. The van der Waals surface area contributed by atoms with Crippen LogP contribution in [0.25, 0.3) is 0 Å². The van der Waals surface area contributed by atoms with Gasteiger partial charge in [0.25, 0.3) is 0 Å². The van der Waals surface area contributed by atoms with Gasteiger partial charge in [-0.2, -0.15) is 0 Å². The van der Waals surface area contributed by atoms with Gasteiger partial charge in [0.15, 0.2) is 0 Å². The molecule has 0 heterocycles. The van der Waals surface area contributed by atoms with Gasteiger partial charge in [-0.1, -0.05) is 49.2 Å². The molecule has 0 fully saturated rings. The molecule has 0 bridgehead atoms. The highest BCUT2D eigenvalue weighted by atomic mass is 35.5. The Morgan fingerprint density at radius 1 is 1.05 bits per heavy atom. The number of ether oxygens (including phenoxy) is 1. The Morgan fingerprint density at radius 3 is 2.35 bits per heavy atom. The van der Waals surface area contributed by atoms with E-state index in [0.717, 1.165) is 29.7 Å². The molecule has 2 aromatic rings. The van der Waals surface area contributed by atoms with Crippen molar-refractivity contribution in [1.29, 1.82) is 0 Å². The van der Waals surface area contributed by atoms with E-state index in [1.807, 2.05) is 30.3 Å². The third-order valence-corrected chi connectivity index (χ3v) is 3.56. The topological polar surface area (TPSA) is 35.2 Å². The van der Waals surface area contributed by atoms with E-state index in [-0.39, 0.29) is 0 Å². The van der Waals surface area contributed by atoms with Gasteiger partial charge in [0, 0.05) is 17.1 Å². The zero-order valence-electron chi connectivity index (χ0n) is 11.7. The molecule has 0 aromatic heterocycles. The average molecular weight is 290 g/mol. The van der Waals surface area contributed by atoms with Gasteiger partial charge in [0.05, 0.1) is 0 Å². The van der Waals surface area contributed by atoms with Crippen LogP contribution in [0.4, 0.5) is 0 Å². The summed E-state index contributed by atoms with van der Waals surface area (Å²) in [6.45, 7) is 3.15. The first-order chi connectivity index (χ1) is 9.72. The van der Waals surface area contributed by atoms with Crippen LogP contribution in [0, 0.1) is 0 Å². The summed E-state index contributed by atoms with van der Waals surface area (Å²) in [5, 5.41) is 0.704. The van der Waals surface area contributed by atoms with Crippen LogP contribution in [0.3, 0.4) is 0 Å². The highest BCUT2D eigenvalue weighted by Crippen LogP contribution is 2.21. The van der Waals surface area contributed by atoms with Gasteiger partial charge in [-0.25, -0.2) is 0 Å². The summed E-state index contributed by atoms with van der Waals surface area (Å²) < 4.78 is 5.76. The van der Waals surface area contributed by atoms with E-state index in [4.69, 9.17) is 22.1 Å². The summed E-state index contributed by atoms with van der Waals surface area (Å²) >= 11 is 6.21. The Hall–Kier alpha value is -1.51. The lowest BCUT2D eigenvalue weighted by Crippen LogP contribution is -2.00. The van der Waals surface area contributed by atoms with Gasteiger partial charge in [0.1, 0.15) is 12.4 Å². The van der Waals surface area contributed by atoms with Gasteiger partial charge < -0.3 is 10.5 Å². The molecule has 0 aliphatic heterocycles. The summed E-state index contributed by atoms with van der Waals surface area (Å²) in [5.41, 5.74) is 8.92. The molecule has 0 unspecified atom stereocenters. The highest BCUT2D eigenvalue weighted by Gasteiger charge is 2.03. The highest BCUT2D eigenvalue weighted by molar-refractivity contribution is 6.31. The molecule has 2 N–H and O–H groups in total. The molecular weight excluding hydrogens is 270 g/mol. The van der Waals surface area contributed by atoms with E-state index in [9.17, 15) is 0 Å². The Labute approximate surface area is 125 Å². The summed E-state index contributed by atoms with van der Waals surface area (Å²) in [6, 6.07) is 14.1. The predicted molar refractivity (Wildman–Crippen MR) is 84.1 cm³/mol. The fourth-order valence-corrected chi connectivity index (χ4v) is 2.29. The molecule has 2 nitrogen and oxygen atoms in total. The van der Waals surface area contributed by atoms with Crippen molar-refractivity contribution in [3.63, 3.8) is 0 Å². The average Bonchev–Trinajstić information content (AvgIpc) is 2.48. The summed E-state index contributed by atoms with van der Waals surface area (Å²) in [4.78, 5) is 0. The Bertz CT molecular complexity index is 551. The Morgan fingerprint density at radius 2 is 1.75 bits per heavy atom. The smallest absolute Gasteiger partial charge is 0.119 e. The van der Waals surface area contributed by atoms with Crippen molar-refractivity contribution in [3.05, 3.63) is 64.2 Å². The minimum absolute atomic E-state index is 0.469. The molecule has 2 aromatic carbocycles. The quantitative estimate of drug-likeness (QED) is 0.859. The van der Waals surface area contributed by atoms with Crippen LogP contribution in [0.1, 0.15) is 30.0 Å². The van der Waals surface area contributed by atoms with E-state index in [0.29, 0.717) is 18.2 Å². The van der Waals surface area contributed by atoms with Crippen molar-refractivity contribution in [2.75, 3.05) is 0 Å². The number of halogens is 1. The maximum Gasteiger partial charge on any atom is 0.119 e. The number of hydrogen-bond acceptors (Lipinski definition) is 2. The van der Waals surface area contributed by atoms with Crippen molar-refractivity contribution >= 4 is 11.6 Å². The molecule has 0 saturated heterocycles. The summed E-state index contributed by atoms with van der Waals surface area (Å²) in [7, 11) is 0. The lowest BCUT2D eigenvalue weighted by Gasteiger charge is -2.09. The maximum atomic E-state index is 6.21. The van der Waals surface area contributed by atoms with E-state index < -0.39 is 0 Å². The van der Waals surface area contributed by atoms with Gasteiger partial charge >= 0.3 is 0 Å². The van der Waals surface area contributed by atoms with Gasteiger partial charge in [-0.3, -0.25) is 0 Å². The Balaban J connectivity index is 1.97. The number of nitrogens with two attached hydrogens (primary N) is 1. The number of hydrogen-bond donors (Lipinski definition) is 1. The molecule has 0 amide bonds. The lowest BCUT2D eigenvalue weighted by molar-refractivity contribution is 0.306. The van der Waals surface area contributed by atoms with E-state index in [2.05, 4.69) is 19.1 Å². The first kappa shape index (κ1) is 14.9.